The molecule has 118 valence electrons. The molecular formula is C18H14Cl2O3. The molecule has 1 saturated carbocycles. The van der Waals surface area contributed by atoms with Crippen molar-refractivity contribution in [2.24, 2.45) is 5.92 Å². The van der Waals surface area contributed by atoms with E-state index < -0.39 is 10.3 Å². The molecule has 0 heterocycles. The molecule has 3 rings (SSSR count). The van der Waals surface area contributed by atoms with Crippen LogP contribution in [0.5, 0.6) is 0 Å². The summed E-state index contributed by atoms with van der Waals surface area (Å²) in [7, 11) is 0. The first-order valence-electron chi connectivity index (χ1n) is 7.22. The topological polar surface area (TPSA) is 43.4 Å². The Labute approximate surface area is 144 Å². The summed E-state index contributed by atoms with van der Waals surface area (Å²) in [5.74, 6) is -0.536. The van der Waals surface area contributed by atoms with E-state index in [9.17, 15) is 9.59 Å². The van der Waals surface area contributed by atoms with Gasteiger partial charge < -0.3 is 4.74 Å². The van der Waals surface area contributed by atoms with Gasteiger partial charge in [-0.05, 0) is 18.6 Å². The lowest BCUT2D eigenvalue weighted by atomic mass is 10.0. The van der Waals surface area contributed by atoms with E-state index in [-0.39, 0.29) is 18.3 Å². The molecule has 0 spiro atoms. The third-order valence-electron chi connectivity index (χ3n) is 3.79. The Bertz CT molecular complexity index is 724. The van der Waals surface area contributed by atoms with Gasteiger partial charge in [0.25, 0.3) is 0 Å². The van der Waals surface area contributed by atoms with Crippen LogP contribution < -0.4 is 0 Å². The highest BCUT2D eigenvalue weighted by molar-refractivity contribution is 6.50. The summed E-state index contributed by atoms with van der Waals surface area (Å²) in [6, 6.07) is 15.4. The Morgan fingerprint density at radius 1 is 0.957 bits per heavy atom. The maximum absolute atomic E-state index is 12.3. The molecule has 0 aliphatic heterocycles. The van der Waals surface area contributed by atoms with Crippen molar-refractivity contribution < 1.29 is 14.3 Å². The van der Waals surface area contributed by atoms with E-state index in [4.69, 9.17) is 27.9 Å². The van der Waals surface area contributed by atoms with Gasteiger partial charge in [0.1, 0.15) is 4.33 Å². The standard InChI is InChI=1S/C18H14Cl2O3/c19-18(20)10-15(18)11-23-17(22)14-8-6-13(7-9-14)16(21)12-4-2-1-3-5-12/h1-9,15H,10-11H2/t15-/m1/s1. The van der Waals surface area contributed by atoms with Crippen molar-refractivity contribution in [1.29, 1.82) is 0 Å². The number of carbonyl (C=O) groups is 2. The number of hydrogen-bond donors (Lipinski definition) is 0. The molecule has 0 radical (unpaired) electrons. The average Bonchev–Trinajstić information content (AvgIpc) is 3.20. The lowest BCUT2D eigenvalue weighted by Crippen LogP contribution is -2.10. The molecule has 1 aliphatic rings. The normalized spacial score (nSPS) is 18.3. The van der Waals surface area contributed by atoms with Gasteiger partial charge in [-0.1, -0.05) is 42.5 Å². The summed E-state index contributed by atoms with van der Waals surface area (Å²) in [6.07, 6.45) is 0.633. The summed E-state index contributed by atoms with van der Waals surface area (Å²) < 4.78 is 4.42. The number of ether oxygens (including phenoxy) is 1. The van der Waals surface area contributed by atoms with Crippen LogP contribution in [-0.2, 0) is 4.74 Å². The van der Waals surface area contributed by atoms with Crippen molar-refractivity contribution in [3.8, 4) is 0 Å². The van der Waals surface area contributed by atoms with Gasteiger partial charge in [-0.25, -0.2) is 4.79 Å². The van der Waals surface area contributed by atoms with Crippen molar-refractivity contribution in [2.45, 2.75) is 10.8 Å². The minimum absolute atomic E-state index is 0.00582. The highest BCUT2D eigenvalue weighted by Gasteiger charge is 2.52. The fourth-order valence-corrected chi connectivity index (χ4v) is 2.72. The van der Waals surface area contributed by atoms with Crippen molar-refractivity contribution in [3.63, 3.8) is 0 Å². The molecular weight excluding hydrogens is 335 g/mol. The quantitative estimate of drug-likeness (QED) is 0.460. The lowest BCUT2D eigenvalue weighted by Gasteiger charge is -2.06. The van der Waals surface area contributed by atoms with Crippen LogP contribution in [0.1, 0.15) is 32.7 Å². The molecule has 1 fully saturated rings. The Morgan fingerprint density at radius 2 is 1.48 bits per heavy atom. The molecule has 2 aromatic rings. The van der Waals surface area contributed by atoms with Gasteiger partial charge in [-0.15, -0.1) is 23.2 Å². The molecule has 0 aromatic heterocycles. The summed E-state index contributed by atoms with van der Waals surface area (Å²) >= 11 is 11.8. The smallest absolute Gasteiger partial charge is 0.338 e. The van der Waals surface area contributed by atoms with Gasteiger partial charge >= 0.3 is 5.97 Å². The zero-order valence-electron chi connectivity index (χ0n) is 12.2. The van der Waals surface area contributed by atoms with E-state index in [0.29, 0.717) is 23.1 Å². The first-order valence-corrected chi connectivity index (χ1v) is 7.98. The Balaban J connectivity index is 1.63. The predicted molar refractivity (Wildman–Crippen MR) is 89.1 cm³/mol. The fraction of sp³-hybridized carbons (Fsp3) is 0.222. The van der Waals surface area contributed by atoms with E-state index in [2.05, 4.69) is 0 Å². The summed E-state index contributed by atoms with van der Waals surface area (Å²) in [4.78, 5) is 24.2. The highest BCUT2D eigenvalue weighted by atomic mass is 35.5. The van der Waals surface area contributed by atoms with Gasteiger partial charge in [0.2, 0.25) is 0 Å². The Morgan fingerprint density at radius 3 is 2.04 bits per heavy atom. The zero-order valence-corrected chi connectivity index (χ0v) is 13.7. The minimum atomic E-state index is -0.758. The number of carbonyl (C=O) groups excluding carboxylic acids is 2. The first kappa shape index (κ1) is 16.0. The van der Waals surface area contributed by atoms with Crippen molar-refractivity contribution >= 4 is 35.0 Å². The lowest BCUT2D eigenvalue weighted by molar-refractivity contribution is 0.0485. The monoisotopic (exact) mass is 348 g/mol. The first-order chi connectivity index (χ1) is 11.0. The fourth-order valence-electron chi connectivity index (χ4n) is 2.22. The predicted octanol–water partition coefficient (Wildman–Crippen LogP) is 4.27. The van der Waals surface area contributed by atoms with Crippen LogP contribution >= 0.6 is 23.2 Å². The summed E-state index contributed by atoms with van der Waals surface area (Å²) in [5, 5.41) is 0. The van der Waals surface area contributed by atoms with Crippen molar-refractivity contribution in [1.82, 2.24) is 0 Å². The molecule has 0 unspecified atom stereocenters. The number of rotatable bonds is 5. The second kappa shape index (κ2) is 6.34. The van der Waals surface area contributed by atoms with Gasteiger partial charge in [0.05, 0.1) is 12.2 Å². The van der Waals surface area contributed by atoms with Crippen LogP contribution in [0.3, 0.4) is 0 Å². The van der Waals surface area contributed by atoms with E-state index in [1.54, 1.807) is 36.4 Å². The molecule has 2 aromatic carbocycles. The van der Waals surface area contributed by atoms with E-state index in [0.717, 1.165) is 0 Å². The number of halogens is 2. The van der Waals surface area contributed by atoms with E-state index >= 15 is 0 Å². The SMILES string of the molecule is O=C(OC[C@H]1CC1(Cl)Cl)c1ccc(C(=O)c2ccccc2)cc1. The van der Waals surface area contributed by atoms with Crippen LogP contribution in [0.4, 0.5) is 0 Å². The van der Waals surface area contributed by atoms with Crippen LogP contribution in [-0.4, -0.2) is 22.7 Å². The third-order valence-corrected chi connectivity index (χ3v) is 4.72. The molecule has 0 amide bonds. The van der Waals surface area contributed by atoms with Gasteiger partial charge in [0.15, 0.2) is 5.78 Å². The molecule has 0 N–H and O–H groups in total. The number of ketones is 1. The largest absolute Gasteiger partial charge is 0.462 e. The summed E-state index contributed by atoms with van der Waals surface area (Å²) in [5.41, 5.74) is 1.53. The Hall–Kier alpha value is -1.84. The maximum Gasteiger partial charge on any atom is 0.338 e. The second-order valence-corrected chi connectivity index (χ2v) is 7.08. The van der Waals surface area contributed by atoms with Crippen LogP contribution in [0.15, 0.2) is 54.6 Å². The second-order valence-electron chi connectivity index (χ2n) is 5.53. The van der Waals surface area contributed by atoms with Crippen LogP contribution in [0.25, 0.3) is 0 Å². The number of benzene rings is 2. The molecule has 5 heteroatoms. The van der Waals surface area contributed by atoms with Gasteiger partial charge in [-0.2, -0.15) is 0 Å². The van der Waals surface area contributed by atoms with Crippen LogP contribution in [0.2, 0.25) is 0 Å². The average molecular weight is 349 g/mol. The molecule has 0 saturated heterocycles. The Kier molecular flexibility index (Phi) is 4.42. The highest BCUT2D eigenvalue weighted by Crippen LogP contribution is 2.53. The van der Waals surface area contributed by atoms with Crippen LogP contribution in [0, 0.1) is 5.92 Å². The van der Waals surface area contributed by atoms with Crippen molar-refractivity contribution in [3.05, 3.63) is 71.3 Å². The van der Waals surface area contributed by atoms with Gasteiger partial charge in [0, 0.05) is 17.0 Å². The number of hydrogen-bond acceptors (Lipinski definition) is 3. The summed E-state index contributed by atoms with van der Waals surface area (Å²) in [6.45, 7) is 0.205. The van der Waals surface area contributed by atoms with E-state index in [1.165, 1.54) is 0 Å². The maximum atomic E-state index is 12.3. The molecule has 3 nitrogen and oxygen atoms in total. The molecule has 1 aliphatic carbocycles. The van der Waals surface area contributed by atoms with E-state index in [1.807, 2.05) is 18.2 Å². The molecule has 0 bridgehead atoms. The molecule has 23 heavy (non-hydrogen) atoms. The van der Waals surface area contributed by atoms with Crippen molar-refractivity contribution in [2.75, 3.05) is 6.61 Å². The number of esters is 1. The third kappa shape index (κ3) is 3.74. The number of alkyl halides is 2. The zero-order chi connectivity index (χ0) is 16.4. The minimum Gasteiger partial charge on any atom is -0.462 e. The van der Waals surface area contributed by atoms with Gasteiger partial charge in [-0.3, -0.25) is 4.79 Å². The molecule has 1 atom stereocenters.